The Hall–Kier alpha value is -1.01. The molecule has 0 aliphatic heterocycles. The van der Waals surface area contributed by atoms with Gasteiger partial charge in [-0.15, -0.1) is 10.2 Å². The zero-order valence-corrected chi connectivity index (χ0v) is 13.5. The molecule has 1 saturated carbocycles. The summed E-state index contributed by atoms with van der Waals surface area (Å²) in [6, 6.07) is 0. The Morgan fingerprint density at radius 2 is 2.10 bits per heavy atom. The molecule has 5 nitrogen and oxygen atoms in total. The Labute approximate surface area is 124 Å². The van der Waals surface area contributed by atoms with Crippen molar-refractivity contribution in [3.63, 3.8) is 0 Å². The highest BCUT2D eigenvalue weighted by molar-refractivity contribution is 7.15. The van der Waals surface area contributed by atoms with Gasteiger partial charge in [0.05, 0.1) is 5.92 Å². The summed E-state index contributed by atoms with van der Waals surface area (Å²) in [6.45, 7) is 8.21. The Balaban J connectivity index is 2.06. The van der Waals surface area contributed by atoms with Crippen LogP contribution < -0.4 is 11.1 Å². The number of aromatic nitrogens is 2. The number of carbonyl (C=O) groups is 1. The summed E-state index contributed by atoms with van der Waals surface area (Å²) in [7, 11) is 0. The molecule has 0 aromatic carbocycles. The summed E-state index contributed by atoms with van der Waals surface area (Å²) in [5.41, 5.74) is 5.79. The van der Waals surface area contributed by atoms with Crippen LogP contribution in [0, 0.1) is 5.92 Å². The van der Waals surface area contributed by atoms with Crippen molar-refractivity contribution in [2.45, 2.75) is 64.3 Å². The van der Waals surface area contributed by atoms with Crippen LogP contribution in [0.5, 0.6) is 0 Å². The quantitative estimate of drug-likeness (QED) is 0.879. The summed E-state index contributed by atoms with van der Waals surface area (Å²) in [4.78, 5) is 12.4. The van der Waals surface area contributed by atoms with Crippen molar-refractivity contribution in [3.8, 4) is 0 Å². The van der Waals surface area contributed by atoms with Crippen LogP contribution in [0.3, 0.4) is 0 Å². The third-order valence-corrected chi connectivity index (χ3v) is 5.13. The number of amides is 1. The monoisotopic (exact) mass is 296 g/mol. The average Bonchev–Trinajstić information content (AvgIpc) is 2.76. The fourth-order valence-corrected chi connectivity index (χ4v) is 3.36. The summed E-state index contributed by atoms with van der Waals surface area (Å²) >= 11 is 1.44. The number of carbonyl (C=O) groups excluding carboxylic acids is 1. The van der Waals surface area contributed by atoms with Gasteiger partial charge < -0.3 is 11.1 Å². The minimum absolute atomic E-state index is 0.0219. The molecule has 0 bridgehead atoms. The standard InChI is InChI=1S/C14H24N4OS/c1-13(2,3)11-17-18-12(20-11)16-10(19)9-7-5-6-8-14(9,4)15/h9H,5-8,15H2,1-4H3,(H,16,18,19). The van der Waals surface area contributed by atoms with Crippen LogP contribution in [0.25, 0.3) is 0 Å². The third kappa shape index (κ3) is 3.35. The maximum Gasteiger partial charge on any atom is 0.231 e. The molecule has 1 aromatic rings. The first-order valence-corrected chi connectivity index (χ1v) is 7.95. The number of nitrogens with zero attached hydrogens (tertiary/aromatic N) is 2. The molecule has 1 heterocycles. The molecule has 6 heteroatoms. The van der Waals surface area contributed by atoms with E-state index in [4.69, 9.17) is 5.73 Å². The van der Waals surface area contributed by atoms with Gasteiger partial charge in [-0.3, -0.25) is 4.79 Å². The first-order valence-electron chi connectivity index (χ1n) is 7.14. The van der Waals surface area contributed by atoms with Gasteiger partial charge in [-0.25, -0.2) is 0 Å². The number of nitrogens with two attached hydrogens (primary N) is 1. The van der Waals surface area contributed by atoms with E-state index in [2.05, 4.69) is 36.3 Å². The number of hydrogen-bond acceptors (Lipinski definition) is 5. The van der Waals surface area contributed by atoms with Gasteiger partial charge >= 0.3 is 0 Å². The first kappa shape index (κ1) is 15.4. The van der Waals surface area contributed by atoms with E-state index in [9.17, 15) is 4.79 Å². The molecule has 1 aliphatic carbocycles. The fourth-order valence-electron chi connectivity index (χ4n) is 2.56. The van der Waals surface area contributed by atoms with Gasteiger partial charge in [-0.2, -0.15) is 0 Å². The van der Waals surface area contributed by atoms with E-state index in [0.29, 0.717) is 5.13 Å². The summed E-state index contributed by atoms with van der Waals surface area (Å²) in [6.07, 6.45) is 3.91. The van der Waals surface area contributed by atoms with Gasteiger partial charge in [0, 0.05) is 11.0 Å². The highest BCUT2D eigenvalue weighted by Crippen LogP contribution is 2.33. The van der Waals surface area contributed by atoms with Crippen LogP contribution in [-0.4, -0.2) is 21.6 Å². The fraction of sp³-hybridized carbons (Fsp3) is 0.786. The maximum absolute atomic E-state index is 12.4. The zero-order valence-electron chi connectivity index (χ0n) is 12.7. The molecule has 0 radical (unpaired) electrons. The number of hydrogen-bond donors (Lipinski definition) is 2. The average molecular weight is 296 g/mol. The minimum Gasteiger partial charge on any atom is -0.325 e. The van der Waals surface area contributed by atoms with Crippen molar-refractivity contribution in [3.05, 3.63) is 5.01 Å². The predicted octanol–water partition coefficient (Wildman–Crippen LogP) is 2.68. The molecule has 1 fully saturated rings. The van der Waals surface area contributed by atoms with Crippen LogP contribution in [0.4, 0.5) is 5.13 Å². The van der Waals surface area contributed by atoms with E-state index in [-0.39, 0.29) is 17.2 Å². The van der Waals surface area contributed by atoms with Crippen LogP contribution in [0.1, 0.15) is 58.4 Å². The minimum atomic E-state index is -0.417. The largest absolute Gasteiger partial charge is 0.325 e. The first-order chi connectivity index (χ1) is 9.20. The summed E-state index contributed by atoms with van der Waals surface area (Å²) in [5.74, 6) is -0.162. The van der Waals surface area contributed by atoms with Crippen molar-refractivity contribution >= 4 is 22.4 Å². The van der Waals surface area contributed by atoms with E-state index < -0.39 is 5.54 Å². The lowest BCUT2D eigenvalue weighted by molar-refractivity contribution is -0.122. The Morgan fingerprint density at radius 3 is 2.65 bits per heavy atom. The second kappa shape index (κ2) is 5.41. The van der Waals surface area contributed by atoms with Crippen molar-refractivity contribution in [1.29, 1.82) is 0 Å². The normalized spacial score (nSPS) is 27.4. The van der Waals surface area contributed by atoms with E-state index in [1.807, 2.05) is 6.92 Å². The van der Waals surface area contributed by atoms with Gasteiger partial charge in [0.15, 0.2) is 0 Å². The molecular weight excluding hydrogens is 272 g/mol. The maximum atomic E-state index is 12.4. The van der Waals surface area contributed by atoms with Crippen LogP contribution in [0.2, 0.25) is 0 Å². The SMILES string of the molecule is CC(C)(C)c1nnc(NC(=O)C2CCCCC2(C)N)s1. The number of rotatable bonds is 2. The smallest absolute Gasteiger partial charge is 0.231 e. The van der Waals surface area contributed by atoms with Gasteiger partial charge in [0.2, 0.25) is 11.0 Å². The molecule has 20 heavy (non-hydrogen) atoms. The van der Waals surface area contributed by atoms with Gasteiger partial charge in [-0.05, 0) is 19.8 Å². The molecule has 0 spiro atoms. The molecular formula is C14H24N4OS. The van der Waals surface area contributed by atoms with Crippen molar-refractivity contribution in [2.24, 2.45) is 11.7 Å². The van der Waals surface area contributed by atoms with Crippen molar-refractivity contribution in [1.82, 2.24) is 10.2 Å². The zero-order chi connectivity index (χ0) is 15.0. The van der Waals surface area contributed by atoms with Crippen molar-refractivity contribution < 1.29 is 4.79 Å². The van der Waals surface area contributed by atoms with Crippen LogP contribution >= 0.6 is 11.3 Å². The Kier molecular flexibility index (Phi) is 4.16. The highest BCUT2D eigenvalue weighted by atomic mass is 32.1. The van der Waals surface area contributed by atoms with E-state index in [1.54, 1.807) is 0 Å². The van der Waals surface area contributed by atoms with Gasteiger partial charge in [0.1, 0.15) is 5.01 Å². The molecule has 1 aliphatic rings. The second-order valence-corrected chi connectivity index (χ2v) is 7.93. The topological polar surface area (TPSA) is 80.9 Å². The van der Waals surface area contributed by atoms with Gasteiger partial charge in [-0.1, -0.05) is 44.9 Å². The highest BCUT2D eigenvalue weighted by Gasteiger charge is 2.38. The summed E-state index contributed by atoms with van der Waals surface area (Å²) < 4.78 is 0. The van der Waals surface area contributed by atoms with Crippen LogP contribution in [0.15, 0.2) is 0 Å². The molecule has 1 aromatic heterocycles. The van der Waals surface area contributed by atoms with E-state index in [0.717, 1.165) is 30.7 Å². The molecule has 2 unspecified atom stereocenters. The van der Waals surface area contributed by atoms with E-state index in [1.165, 1.54) is 11.3 Å². The molecule has 2 rings (SSSR count). The number of nitrogens with one attached hydrogen (secondary N) is 1. The predicted molar refractivity (Wildman–Crippen MR) is 81.8 cm³/mol. The number of anilines is 1. The van der Waals surface area contributed by atoms with Crippen molar-refractivity contribution in [2.75, 3.05) is 5.32 Å². The Morgan fingerprint density at radius 1 is 1.40 bits per heavy atom. The van der Waals surface area contributed by atoms with Gasteiger partial charge in [0.25, 0.3) is 0 Å². The molecule has 2 atom stereocenters. The molecule has 3 N–H and O–H groups in total. The lowest BCUT2D eigenvalue weighted by Crippen LogP contribution is -2.51. The molecule has 0 saturated heterocycles. The molecule has 1 amide bonds. The third-order valence-electron chi connectivity index (χ3n) is 3.87. The Bertz CT molecular complexity index is 490. The lowest BCUT2D eigenvalue weighted by Gasteiger charge is -2.36. The molecule has 112 valence electrons. The van der Waals surface area contributed by atoms with E-state index >= 15 is 0 Å². The lowest BCUT2D eigenvalue weighted by atomic mass is 9.74. The summed E-state index contributed by atoms with van der Waals surface area (Å²) in [5, 5.41) is 12.6. The van der Waals surface area contributed by atoms with Crippen LogP contribution in [-0.2, 0) is 10.2 Å². The second-order valence-electron chi connectivity index (χ2n) is 6.96.